The normalized spacial score (nSPS) is 16.0. The maximum atomic E-state index is 13.1. The number of carbonyl (C=O) groups excluding carboxylic acids is 1. The molecule has 36 heavy (non-hydrogen) atoms. The fourth-order valence-corrected chi connectivity index (χ4v) is 6.00. The van der Waals surface area contributed by atoms with E-state index in [-0.39, 0.29) is 30.3 Å². The number of nitrogens with one attached hydrogen (secondary N) is 2. The number of hydrogen-bond acceptors (Lipinski definition) is 8. The standard InChI is InChI=1S/C24H33ClN3O7P/c1-23(2,3)34-36(32,35-24(4,5)6)33-10-9-26-22(29)15-7-8-17-18(11-15)20(28(30)31)12-19-21(17)16(13-25)14-27-19/h7-8,11-12,16,27H,9-10,13-14H2,1-6H3,(H,26,29). The van der Waals surface area contributed by atoms with E-state index in [1.54, 1.807) is 53.7 Å². The van der Waals surface area contributed by atoms with Crippen molar-refractivity contribution >= 4 is 47.5 Å². The van der Waals surface area contributed by atoms with Gasteiger partial charge >= 0.3 is 7.82 Å². The van der Waals surface area contributed by atoms with Gasteiger partial charge in [-0.05, 0) is 64.6 Å². The molecular formula is C24H33ClN3O7P. The van der Waals surface area contributed by atoms with Crippen LogP contribution >= 0.6 is 19.4 Å². The van der Waals surface area contributed by atoms with E-state index in [9.17, 15) is 19.5 Å². The first-order chi connectivity index (χ1) is 16.6. The van der Waals surface area contributed by atoms with E-state index >= 15 is 0 Å². The number of hydrogen-bond donors (Lipinski definition) is 2. The second-order valence-corrected chi connectivity index (χ2v) is 12.4. The molecule has 3 rings (SSSR count). The van der Waals surface area contributed by atoms with Gasteiger partial charge in [0.2, 0.25) is 0 Å². The number of amides is 1. The number of carbonyl (C=O) groups is 1. The first-order valence-corrected chi connectivity index (χ1v) is 13.6. The van der Waals surface area contributed by atoms with E-state index in [4.69, 9.17) is 25.2 Å². The molecule has 1 aliphatic rings. The number of nitro benzene ring substituents is 1. The van der Waals surface area contributed by atoms with E-state index in [1.165, 1.54) is 12.1 Å². The zero-order valence-corrected chi connectivity index (χ0v) is 23.0. The Morgan fingerprint density at radius 3 is 2.36 bits per heavy atom. The fourth-order valence-electron chi connectivity index (χ4n) is 3.94. The van der Waals surface area contributed by atoms with Gasteiger partial charge < -0.3 is 10.6 Å². The third-order valence-corrected chi connectivity index (χ3v) is 7.57. The lowest BCUT2D eigenvalue weighted by molar-refractivity contribution is -0.383. The van der Waals surface area contributed by atoms with Crippen molar-refractivity contribution in [2.75, 3.05) is 30.9 Å². The monoisotopic (exact) mass is 541 g/mol. The third-order valence-electron chi connectivity index (χ3n) is 5.16. The van der Waals surface area contributed by atoms with E-state index < -0.39 is 29.9 Å². The van der Waals surface area contributed by atoms with Crippen molar-refractivity contribution in [3.05, 3.63) is 45.5 Å². The van der Waals surface area contributed by atoms with Crippen LogP contribution in [0.2, 0.25) is 0 Å². The summed E-state index contributed by atoms with van der Waals surface area (Å²) in [5.41, 5.74) is 0.209. The van der Waals surface area contributed by atoms with Gasteiger partial charge in [-0.3, -0.25) is 28.5 Å². The van der Waals surface area contributed by atoms with Crippen LogP contribution in [0.5, 0.6) is 0 Å². The van der Waals surface area contributed by atoms with Crippen molar-refractivity contribution in [2.45, 2.75) is 58.7 Å². The van der Waals surface area contributed by atoms with Gasteiger partial charge in [0.1, 0.15) is 0 Å². The molecule has 198 valence electrons. The molecule has 0 aromatic heterocycles. The molecule has 10 nitrogen and oxygen atoms in total. The lowest BCUT2D eigenvalue weighted by Gasteiger charge is -2.30. The number of phosphoric acid groups is 1. The number of nitro groups is 1. The summed E-state index contributed by atoms with van der Waals surface area (Å²) >= 11 is 6.11. The summed E-state index contributed by atoms with van der Waals surface area (Å²) in [6.07, 6.45) is 0. The van der Waals surface area contributed by atoms with Crippen molar-refractivity contribution in [1.29, 1.82) is 0 Å². The molecule has 1 heterocycles. The summed E-state index contributed by atoms with van der Waals surface area (Å²) in [6, 6.07) is 6.32. The molecular weight excluding hydrogens is 509 g/mol. The number of nitrogens with zero attached hydrogens (tertiary/aromatic N) is 1. The summed E-state index contributed by atoms with van der Waals surface area (Å²) in [5, 5.41) is 18.6. The molecule has 1 amide bonds. The van der Waals surface area contributed by atoms with Crippen LogP contribution in [0.3, 0.4) is 0 Å². The molecule has 0 aliphatic carbocycles. The molecule has 2 aromatic carbocycles. The number of fused-ring (bicyclic) bond motifs is 3. The van der Waals surface area contributed by atoms with E-state index in [0.717, 1.165) is 5.56 Å². The topological polar surface area (TPSA) is 129 Å². The minimum absolute atomic E-state index is 0.0168. The number of benzene rings is 2. The zero-order valence-electron chi connectivity index (χ0n) is 21.3. The molecule has 1 aliphatic heterocycles. The Morgan fingerprint density at radius 2 is 1.81 bits per heavy atom. The molecule has 1 unspecified atom stereocenters. The van der Waals surface area contributed by atoms with E-state index in [0.29, 0.717) is 28.9 Å². The molecule has 2 aromatic rings. The minimum Gasteiger partial charge on any atom is -0.384 e. The molecule has 0 spiro atoms. The summed E-state index contributed by atoms with van der Waals surface area (Å²) in [5.74, 6) is -0.0645. The zero-order chi connectivity index (χ0) is 26.9. The second kappa shape index (κ2) is 10.6. The van der Waals surface area contributed by atoms with E-state index in [1.807, 2.05) is 0 Å². The number of alkyl halides is 1. The van der Waals surface area contributed by atoms with Crippen LogP contribution in [0.25, 0.3) is 10.8 Å². The number of phosphoric ester groups is 1. The molecule has 1 atom stereocenters. The summed E-state index contributed by atoms with van der Waals surface area (Å²) in [4.78, 5) is 24.1. The average molecular weight is 542 g/mol. The Labute approximate surface area is 215 Å². The van der Waals surface area contributed by atoms with Crippen molar-refractivity contribution in [3.63, 3.8) is 0 Å². The number of non-ortho nitro benzene ring substituents is 1. The lowest BCUT2D eigenvalue weighted by atomic mass is 9.93. The van der Waals surface area contributed by atoms with Crippen LogP contribution < -0.4 is 10.6 Å². The highest BCUT2D eigenvalue weighted by atomic mass is 35.5. The van der Waals surface area contributed by atoms with Gasteiger partial charge in [-0.25, -0.2) is 4.57 Å². The lowest BCUT2D eigenvalue weighted by Crippen LogP contribution is -2.29. The molecule has 0 saturated heterocycles. The largest absolute Gasteiger partial charge is 0.475 e. The first kappa shape index (κ1) is 28.3. The highest BCUT2D eigenvalue weighted by Gasteiger charge is 2.37. The van der Waals surface area contributed by atoms with Crippen LogP contribution in [-0.4, -0.2) is 47.6 Å². The SMILES string of the molecule is CC(C)(C)OP(=O)(OCCNC(=O)c1ccc2c3c(cc([N+](=O)[O-])c2c1)NCC3CCl)OC(C)(C)C. The van der Waals surface area contributed by atoms with Crippen molar-refractivity contribution < 1.29 is 27.9 Å². The smallest absolute Gasteiger partial charge is 0.384 e. The molecule has 0 saturated carbocycles. The Bertz CT molecular complexity index is 1190. The Kier molecular flexibility index (Phi) is 8.37. The van der Waals surface area contributed by atoms with Crippen LogP contribution in [0.1, 0.15) is 63.4 Å². The van der Waals surface area contributed by atoms with Crippen molar-refractivity contribution in [1.82, 2.24) is 5.32 Å². The van der Waals surface area contributed by atoms with Crippen molar-refractivity contribution in [3.8, 4) is 0 Å². The Balaban J connectivity index is 1.75. The highest BCUT2D eigenvalue weighted by molar-refractivity contribution is 7.48. The summed E-state index contributed by atoms with van der Waals surface area (Å²) in [7, 11) is -3.90. The van der Waals surface area contributed by atoms with Gasteiger partial charge in [0.05, 0.1) is 28.1 Å². The van der Waals surface area contributed by atoms with Crippen LogP contribution in [0, 0.1) is 10.1 Å². The van der Waals surface area contributed by atoms with Gasteiger partial charge in [0.25, 0.3) is 11.6 Å². The van der Waals surface area contributed by atoms with Gasteiger partial charge in [-0.2, -0.15) is 0 Å². The molecule has 0 bridgehead atoms. The van der Waals surface area contributed by atoms with Gasteiger partial charge in [-0.15, -0.1) is 11.6 Å². The molecule has 2 N–H and O–H groups in total. The summed E-state index contributed by atoms with van der Waals surface area (Å²) in [6.45, 7) is 10.9. The minimum atomic E-state index is -3.90. The number of anilines is 1. The molecule has 0 fully saturated rings. The van der Waals surface area contributed by atoms with Gasteiger partial charge in [-0.1, -0.05) is 6.07 Å². The van der Waals surface area contributed by atoms with E-state index in [2.05, 4.69) is 10.6 Å². The fraction of sp³-hybridized carbons (Fsp3) is 0.542. The predicted molar refractivity (Wildman–Crippen MR) is 140 cm³/mol. The Hall–Kier alpha value is -2.23. The number of halogens is 1. The number of rotatable bonds is 9. The van der Waals surface area contributed by atoms with Gasteiger partial charge in [0.15, 0.2) is 0 Å². The second-order valence-electron chi connectivity index (χ2n) is 10.6. The first-order valence-electron chi connectivity index (χ1n) is 11.6. The van der Waals surface area contributed by atoms with Crippen LogP contribution in [0.15, 0.2) is 24.3 Å². The summed E-state index contributed by atoms with van der Waals surface area (Å²) < 4.78 is 29.6. The predicted octanol–water partition coefficient (Wildman–Crippen LogP) is 5.98. The third kappa shape index (κ3) is 6.95. The molecule has 0 radical (unpaired) electrons. The highest BCUT2D eigenvalue weighted by Crippen LogP contribution is 2.55. The van der Waals surface area contributed by atoms with Crippen LogP contribution in [-0.2, 0) is 18.1 Å². The van der Waals surface area contributed by atoms with Crippen LogP contribution in [0.4, 0.5) is 11.4 Å². The molecule has 12 heteroatoms. The quantitative estimate of drug-likeness (QED) is 0.130. The average Bonchev–Trinajstić information content (AvgIpc) is 3.16. The maximum Gasteiger partial charge on any atom is 0.475 e. The van der Waals surface area contributed by atoms with Gasteiger partial charge in [0, 0.05) is 42.2 Å². The Morgan fingerprint density at radius 1 is 1.17 bits per heavy atom. The maximum absolute atomic E-state index is 13.1. The van der Waals surface area contributed by atoms with Crippen molar-refractivity contribution in [2.24, 2.45) is 0 Å².